The summed E-state index contributed by atoms with van der Waals surface area (Å²) in [5.41, 5.74) is -0.280. The Kier molecular flexibility index (Phi) is 4.56. The molecule has 1 saturated heterocycles. The number of halogens is 2. The van der Waals surface area contributed by atoms with Crippen molar-refractivity contribution in [3.8, 4) is 0 Å². The molecule has 144 valence electrons. The van der Waals surface area contributed by atoms with Crippen molar-refractivity contribution in [2.75, 3.05) is 11.4 Å². The number of fused-ring (bicyclic) bond motifs is 1. The van der Waals surface area contributed by atoms with Crippen LogP contribution in [0.25, 0.3) is 10.9 Å². The van der Waals surface area contributed by atoms with Crippen LogP contribution in [0.15, 0.2) is 48.7 Å². The molecule has 3 N–H and O–H groups in total. The lowest BCUT2D eigenvalue weighted by Gasteiger charge is -2.22. The Balaban J connectivity index is 1.49. The second-order valence-corrected chi connectivity index (χ2v) is 7.21. The van der Waals surface area contributed by atoms with Crippen LogP contribution >= 0.6 is 11.6 Å². The van der Waals surface area contributed by atoms with Gasteiger partial charge in [0.25, 0.3) is 11.8 Å². The van der Waals surface area contributed by atoms with Crippen LogP contribution in [-0.2, 0) is 16.1 Å². The van der Waals surface area contributed by atoms with E-state index in [1.165, 1.54) is 17.0 Å². The van der Waals surface area contributed by atoms with Gasteiger partial charge in [-0.05, 0) is 47.3 Å². The number of benzene rings is 2. The van der Waals surface area contributed by atoms with E-state index in [0.29, 0.717) is 11.3 Å². The van der Waals surface area contributed by atoms with Gasteiger partial charge in [-0.15, -0.1) is 0 Å². The molecule has 1 fully saturated rings. The lowest BCUT2D eigenvalue weighted by atomic mass is 10.0. The van der Waals surface area contributed by atoms with Gasteiger partial charge in [-0.25, -0.2) is 4.39 Å². The second-order valence-electron chi connectivity index (χ2n) is 6.78. The molecule has 0 aliphatic carbocycles. The van der Waals surface area contributed by atoms with E-state index in [0.717, 1.165) is 17.0 Å². The fraction of sp³-hybridized carbons (Fsp3) is 0.200. The molecule has 1 unspecified atom stereocenters. The van der Waals surface area contributed by atoms with Crippen molar-refractivity contribution in [2.45, 2.75) is 18.6 Å². The molecule has 4 rings (SSSR count). The summed E-state index contributed by atoms with van der Waals surface area (Å²) in [7, 11) is 0. The molecule has 1 atom stereocenters. The first-order valence-electron chi connectivity index (χ1n) is 8.71. The molecule has 2 aromatic carbocycles. The second kappa shape index (κ2) is 6.92. The molecule has 0 bridgehead atoms. The van der Waals surface area contributed by atoms with E-state index in [1.54, 1.807) is 18.3 Å². The molecule has 0 radical (unpaired) electrons. The van der Waals surface area contributed by atoms with E-state index in [9.17, 15) is 19.1 Å². The highest BCUT2D eigenvalue weighted by Crippen LogP contribution is 2.30. The fourth-order valence-electron chi connectivity index (χ4n) is 3.41. The Bertz CT molecular complexity index is 1060. The van der Waals surface area contributed by atoms with E-state index < -0.39 is 23.2 Å². The molecule has 6 nitrogen and oxygen atoms in total. The highest BCUT2D eigenvalue weighted by molar-refractivity contribution is 6.30. The zero-order valence-corrected chi connectivity index (χ0v) is 15.5. The van der Waals surface area contributed by atoms with Gasteiger partial charge in [-0.2, -0.15) is 0 Å². The number of nitrogens with zero attached hydrogens (tertiary/aromatic N) is 1. The minimum atomic E-state index is -2.16. The van der Waals surface area contributed by atoms with Crippen LogP contribution in [-0.4, -0.2) is 34.1 Å². The maximum atomic E-state index is 13.4. The van der Waals surface area contributed by atoms with Gasteiger partial charge in [-0.1, -0.05) is 17.7 Å². The molecule has 1 aliphatic heterocycles. The molecule has 0 saturated carbocycles. The van der Waals surface area contributed by atoms with Crippen LogP contribution in [0.3, 0.4) is 0 Å². The molecular formula is C20H17ClFN3O3. The molecule has 28 heavy (non-hydrogen) atoms. The molecule has 2 amide bonds. The normalized spacial score (nSPS) is 19.4. The topological polar surface area (TPSA) is 85.4 Å². The Morgan fingerprint density at radius 3 is 2.89 bits per heavy atom. The molecule has 1 aliphatic rings. The van der Waals surface area contributed by atoms with E-state index in [-0.39, 0.29) is 24.5 Å². The van der Waals surface area contributed by atoms with Crippen LogP contribution in [0.5, 0.6) is 0 Å². The minimum absolute atomic E-state index is 0.0374. The lowest BCUT2D eigenvalue weighted by molar-refractivity contribution is -0.149. The van der Waals surface area contributed by atoms with Gasteiger partial charge in [0.05, 0.1) is 0 Å². The van der Waals surface area contributed by atoms with Crippen molar-refractivity contribution < 1.29 is 19.1 Å². The first-order chi connectivity index (χ1) is 13.4. The number of carbonyl (C=O) groups is 2. The SMILES string of the molecule is O=C(NCc1cc(F)cc(Cl)c1)C1(O)CCN(c2ccc3cc[nH]c3c2)C1=O. The number of aromatic nitrogens is 1. The first kappa shape index (κ1) is 18.5. The predicted molar refractivity (Wildman–Crippen MR) is 103 cm³/mol. The van der Waals surface area contributed by atoms with E-state index >= 15 is 0 Å². The van der Waals surface area contributed by atoms with Crippen molar-refractivity contribution in [1.82, 2.24) is 10.3 Å². The van der Waals surface area contributed by atoms with Gasteiger partial charge in [-0.3, -0.25) is 9.59 Å². The Morgan fingerprint density at radius 2 is 2.11 bits per heavy atom. The standard InChI is InChI=1S/C20H17ClFN3O3/c21-14-7-12(8-15(22)9-14)11-24-18(26)20(28)4-6-25(19(20)27)16-2-1-13-3-5-23-17(13)10-16/h1-3,5,7-10,23,28H,4,6,11H2,(H,24,26). The van der Waals surface area contributed by atoms with Crippen molar-refractivity contribution in [2.24, 2.45) is 0 Å². The molecule has 3 aromatic rings. The number of aromatic amines is 1. The van der Waals surface area contributed by atoms with Crippen LogP contribution in [0.1, 0.15) is 12.0 Å². The third-order valence-corrected chi connectivity index (χ3v) is 5.12. The average molecular weight is 402 g/mol. The van der Waals surface area contributed by atoms with E-state index in [4.69, 9.17) is 11.6 Å². The highest BCUT2D eigenvalue weighted by atomic mass is 35.5. The van der Waals surface area contributed by atoms with Gasteiger partial charge in [0, 0.05) is 41.9 Å². The number of aliphatic hydroxyl groups is 1. The first-order valence-corrected chi connectivity index (χ1v) is 9.09. The minimum Gasteiger partial charge on any atom is -0.372 e. The lowest BCUT2D eigenvalue weighted by Crippen LogP contribution is -2.52. The van der Waals surface area contributed by atoms with E-state index in [2.05, 4.69) is 10.3 Å². The molecule has 1 aromatic heterocycles. The summed E-state index contributed by atoms with van der Waals surface area (Å²) >= 11 is 5.80. The van der Waals surface area contributed by atoms with Crippen molar-refractivity contribution >= 4 is 40.0 Å². The summed E-state index contributed by atoms with van der Waals surface area (Å²) in [6, 6.07) is 11.2. The van der Waals surface area contributed by atoms with Crippen molar-refractivity contribution in [3.63, 3.8) is 0 Å². The maximum Gasteiger partial charge on any atom is 0.268 e. The largest absolute Gasteiger partial charge is 0.372 e. The Hall–Kier alpha value is -2.90. The maximum absolute atomic E-state index is 13.4. The third-order valence-electron chi connectivity index (χ3n) is 4.90. The predicted octanol–water partition coefficient (Wildman–Crippen LogP) is 2.74. The van der Waals surface area contributed by atoms with Crippen molar-refractivity contribution in [1.29, 1.82) is 0 Å². The number of H-pyrrole nitrogens is 1. The number of nitrogens with one attached hydrogen (secondary N) is 2. The van der Waals surface area contributed by atoms with Gasteiger partial charge < -0.3 is 20.3 Å². The summed E-state index contributed by atoms with van der Waals surface area (Å²) < 4.78 is 13.4. The molecule has 8 heteroatoms. The van der Waals surface area contributed by atoms with Crippen LogP contribution in [0.4, 0.5) is 10.1 Å². The smallest absolute Gasteiger partial charge is 0.268 e. The van der Waals surface area contributed by atoms with Gasteiger partial charge in [0.15, 0.2) is 0 Å². The Morgan fingerprint density at radius 1 is 1.29 bits per heavy atom. The third kappa shape index (κ3) is 3.23. The Labute approximate surface area is 164 Å². The number of hydrogen-bond acceptors (Lipinski definition) is 3. The number of anilines is 1. The van der Waals surface area contributed by atoms with E-state index in [1.807, 2.05) is 12.1 Å². The molecule has 0 spiro atoms. The van der Waals surface area contributed by atoms with Crippen LogP contribution < -0.4 is 10.2 Å². The number of hydrogen-bond donors (Lipinski definition) is 3. The molecular weight excluding hydrogens is 385 g/mol. The molecule has 2 heterocycles. The van der Waals surface area contributed by atoms with Gasteiger partial charge in [0.2, 0.25) is 5.60 Å². The number of amides is 2. The zero-order chi connectivity index (χ0) is 19.9. The summed E-state index contributed by atoms with van der Waals surface area (Å²) in [6.45, 7) is 0.154. The summed E-state index contributed by atoms with van der Waals surface area (Å²) in [4.78, 5) is 29.8. The quantitative estimate of drug-likeness (QED) is 0.588. The fourth-order valence-corrected chi connectivity index (χ4v) is 3.65. The van der Waals surface area contributed by atoms with Crippen LogP contribution in [0.2, 0.25) is 5.02 Å². The summed E-state index contributed by atoms with van der Waals surface area (Å²) in [5, 5.41) is 14.4. The summed E-state index contributed by atoms with van der Waals surface area (Å²) in [6.07, 6.45) is 1.76. The van der Waals surface area contributed by atoms with Gasteiger partial charge in [0.1, 0.15) is 5.82 Å². The number of rotatable bonds is 4. The van der Waals surface area contributed by atoms with Crippen LogP contribution in [0, 0.1) is 5.82 Å². The summed E-state index contributed by atoms with van der Waals surface area (Å²) in [5.74, 6) is -2.03. The van der Waals surface area contributed by atoms with Gasteiger partial charge >= 0.3 is 0 Å². The number of carbonyl (C=O) groups excluding carboxylic acids is 2. The highest BCUT2D eigenvalue weighted by Gasteiger charge is 2.51. The average Bonchev–Trinajstić information content (AvgIpc) is 3.24. The van der Waals surface area contributed by atoms with Crippen molar-refractivity contribution in [3.05, 3.63) is 65.1 Å². The monoisotopic (exact) mass is 401 g/mol. The zero-order valence-electron chi connectivity index (χ0n) is 14.7.